The van der Waals surface area contributed by atoms with Crippen molar-refractivity contribution >= 4 is 33.3 Å². The molecule has 0 aliphatic rings. The number of anilines is 3. The fraction of sp³-hybridized carbons (Fsp3) is 0.286. The molecule has 20 heavy (non-hydrogen) atoms. The first-order valence-electron chi connectivity index (χ1n) is 6.29. The molecule has 2 aromatic rings. The number of rotatable bonds is 5. The first-order valence-corrected chi connectivity index (χ1v) is 7.08. The Morgan fingerprint density at radius 2 is 2.10 bits per heavy atom. The van der Waals surface area contributed by atoms with E-state index in [2.05, 4.69) is 31.2 Å². The molecule has 0 atom stereocenters. The van der Waals surface area contributed by atoms with Gasteiger partial charge < -0.3 is 15.0 Å². The van der Waals surface area contributed by atoms with Crippen LogP contribution in [0.25, 0.3) is 0 Å². The van der Waals surface area contributed by atoms with Gasteiger partial charge in [0.1, 0.15) is 23.7 Å². The topological polar surface area (TPSA) is 50.3 Å². The van der Waals surface area contributed by atoms with Crippen molar-refractivity contribution in [2.24, 2.45) is 0 Å². The van der Waals surface area contributed by atoms with Crippen LogP contribution in [-0.2, 0) is 0 Å². The third-order valence-electron chi connectivity index (χ3n) is 2.86. The van der Waals surface area contributed by atoms with Crippen LogP contribution in [0.1, 0.15) is 6.92 Å². The molecule has 1 aromatic heterocycles. The second-order valence-corrected chi connectivity index (χ2v) is 5.08. The Hall–Kier alpha value is -1.82. The van der Waals surface area contributed by atoms with Gasteiger partial charge in [-0.3, -0.25) is 0 Å². The number of methoxy groups -OCH3 is 1. The smallest absolute Gasteiger partial charge is 0.142 e. The number of hydrogen-bond donors (Lipinski definition) is 1. The lowest BCUT2D eigenvalue weighted by molar-refractivity contribution is 0.415. The quantitative estimate of drug-likeness (QED) is 0.906. The average Bonchev–Trinajstić information content (AvgIpc) is 2.47. The maximum Gasteiger partial charge on any atom is 0.142 e. The molecule has 0 aliphatic heterocycles. The second kappa shape index (κ2) is 6.56. The maximum atomic E-state index is 5.40. The van der Waals surface area contributed by atoms with Crippen LogP contribution < -0.4 is 15.0 Å². The first-order chi connectivity index (χ1) is 9.65. The van der Waals surface area contributed by atoms with Crippen LogP contribution >= 0.6 is 15.9 Å². The standard InChI is InChI=1S/C14H17BrN4O/c1-4-16-13-8-14(18-9-17-13)19(2)11-7-10(15)5-6-12(11)20-3/h5-9H,4H2,1-3H3,(H,16,17,18). The minimum atomic E-state index is 0.791. The predicted octanol–water partition coefficient (Wildman–Crippen LogP) is 3.45. The van der Waals surface area contributed by atoms with Gasteiger partial charge in [-0.2, -0.15) is 0 Å². The van der Waals surface area contributed by atoms with Gasteiger partial charge in [0, 0.05) is 24.1 Å². The van der Waals surface area contributed by atoms with Crippen LogP contribution in [0.15, 0.2) is 35.1 Å². The van der Waals surface area contributed by atoms with Crippen molar-refractivity contribution in [2.45, 2.75) is 6.92 Å². The van der Waals surface area contributed by atoms with Gasteiger partial charge in [-0.1, -0.05) is 15.9 Å². The summed E-state index contributed by atoms with van der Waals surface area (Å²) in [5.74, 6) is 2.39. The molecular weight excluding hydrogens is 320 g/mol. The first kappa shape index (κ1) is 14.6. The third kappa shape index (κ3) is 3.19. The van der Waals surface area contributed by atoms with E-state index in [0.717, 1.165) is 34.1 Å². The van der Waals surface area contributed by atoms with E-state index in [9.17, 15) is 0 Å². The summed E-state index contributed by atoms with van der Waals surface area (Å²) in [4.78, 5) is 10.4. The molecule has 2 rings (SSSR count). The van der Waals surface area contributed by atoms with Crippen LogP contribution in [0.2, 0.25) is 0 Å². The molecular formula is C14H17BrN4O. The van der Waals surface area contributed by atoms with Crippen LogP contribution in [0.4, 0.5) is 17.3 Å². The van der Waals surface area contributed by atoms with Crippen molar-refractivity contribution in [3.63, 3.8) is 0 Å². The summed E-state index contributed by atoms with van der Waals surface area (Å²) in [6.45, 7) is 2.85. The van der Waals surface area contributed by atoms with Gasteiger partial charge in [0.2, 0.25) is 0 Å². The van der Waals surface area contributed by atoms with Gasteiger partial charge in [0.15, 0.2) is 0 Å². The number of ether oxygens (including phenoxy) is 1. The molecule has 0 saturated carbocycles. The maximum absolute atomic E-state index is 5.40. The van der Waals surface area contributed by atoms with Gasteiger partial charge >= 0.3 is 0 Å². The molecule has 0 fully saturated rings. The largest absolute Gasteiger partial charge is 0.495 e. The molecule has 0 unspecified atom stereocenters. The molecule has 0 radical (unpaired) electrons. The molecule has 1 N–H and O–H groups in total. The Morgan fingerprint density at radius 3 is 2.80 bits per heavy atom. The Kier molecular flexibility index (Phi) is 4.79. The SMILES string of the molecule is CCNc1cc(N(C)c2cc(Br)ccc2OC)ncn1. The van der Waals surface area contributed by atoms with E-state index in [-0.39, 0.29) is 0 Å². The summed E-state index contributed by atoms with van der Waals surface area (Å²) < 4.78 is 6.39. The molecule has 6 heteroatoms. The molecule has 106 valence electrons. The highest BCUT2D eigenvalue weighted by atomic mass is 79.9. The normalized spacial score (nSPS) is 10.2. The van der Waals surface area contributed by atoms with Gasteiger partial charge in [-0.15, -0.1) is 0 Å². The highest BCUT2D eigenvalue weighted by Gasteiger charge is 2.12. The van der Waals surface area contributed by atoms with Crippen LogP contribution in [0, 0.1) is 0 Å². The van der Waals surface area contributed by atoms with Crippen LogP contribution in [0.5, 0.6) is 5.75 Å². The number of benzene rings is 1. The van der Waals surface area contributed by atoms with Crippen molar-refractivity contribution in [3.8, 4) is 5.75 Å². The Balaban J connectivity index is 2.37. The van der Waals surface area contributed by atoms with Crippen molar-refractivity contribution < 1.29 is 4.74 Å². The minimum absolute atomic E-state index is 0.791. The van der Waals surface area contributed by atoms with Crippen LogP contribution in [0.3, 0.4) is 0 Å². The van der Waals surface area contributed by atoms with Crippen molar-refractivity contribution in [1.82, 2.24) is 9.97 Å². The summed E-state index contributed by atoms with van der Waals surface area (Å²) in [5.41, 5.74) is 0.933. The molecule has 0 bridgehead atoms. The van der Waals surface area contributed by atoms with Crippen molar-refractivity contribution in [3.05, 3.63) is 35.1 Å². The predicted molar refractivity (Wildman–Crippen MR) is 85.0 cm³/mol. The molecule has 0 aliphatic carbocycles. The zero-order valence-corrected chi connectivity index (χ0v) is 13.3. The second-order valence-electron chi connectivity index (χ2n) is 4.17. The fourth-order valence-electron chi connectivity index (χ4n) is 1.86. The number of nitrogens with one attached hydrogen (secondary N) is 1. The highest BCUT2D eigenvalue weighted by Crippen LogP contribution is 2.34. The highest BCUT2D eigenvalue weighted by molar-refractivity contribution is 9.10. The molecule has 0 spiro atoms. The zero-order chi connectivity index (χ0) is 14.5. The van der Waals surface area contributed by atoms with Gasteiger partial charge in [-0.05, 0) is 25.1 Å². The lowest BCUT2D eigenvalue weighted by Gasteiger charge is -2.21. The monoisotopic (exact) mass is 336 g/mol. The zero-order valence-electron chi connectivity index (χ0n) is 11.7. The number of nitrogens with zero attached hydrogens (tertiary/aromatic N) is 3. The van der Waals surface area contributed by atoms with E-state index in [1.54, 1.807) is 13.4 Å². The summed E-state index contributed by atoms with van der Waals surface area (Å²) in [5, 5.41) is 3.18. The van der Waals surface area contributed by atoms with Crippen molar-refractivity contribution in [2.75, 3.05) is 30.9 Å². The van der Waals surface area contributed by atoms with E-state index in [4.69, 9.17) is 4.74 Å². The minimum Gasteiger partial charge on any atom is -0.495 e. The number of hydrogen-bond acceptors (Lipinski definition) is 5. The Labute approximate surface area is 127 Å². The number of aromatic nitrogens is 2. The van der Waals surface area contributed by atoms with E-state index in [1.165, 1.54) is 0 Å². The summed E-state index contributed by atoms with van der Waals surface area (Å²) in [7, 11) is 3.60. The molecule has 0 saturated heterocycles. The summed E-state index contributed by atoms with van der Waals surface area (Å²) >= 11 is 3.48. The molecule has 1 heterocycles. The van der Waals surface area contributed by atoms with Crippen molar-refractivity contribution in [1.29, 1.82) is 0 Å². The molecule has 5 nitrogen and oxygen atoms in total. The van der Waals surface area contributed by atoms with E-state index in [1.807, 2.05) is 43.1 Å². The fourth-order valence-corrected chi connectivity index (χ4v) is 2.21. The number of halogens is 1. The van der Waals surface area contributed by atoms with E-state index in [0.29, 0.717) is 0 Å². The summed E-state index contributed by atoms with van der Waals surface area (Å²) in [6.07, 6.45) is 1.55. The van der Waals surface area contributed by atoms with Gasteiger partial charge in [0.05, 0.1) is 12.8 Å². The third-order valence-corrected chi connectivity index (χ3v) is 3.35. The van der Waals surface area contributed by atoms with E-state index >= 15 is 0 Å². The van der Waals surface area contributed by atoms with E-state index < -0.39 is 0 Å². The van der Waals surface area contributed by atoms with Gasteiger partial charge in [-0.25, -0.2) is 9.97 Å². The lowest BCUT2D eigenvalue weighted by atomic mass is 10.2. The lowest BCUT2D eigenvalue weighted by Crippen LogP contribution is -2.13. The molecule has 1 aromatic carbocycles. The summed E-state index contributed by atoms with van der Waals surface area (Å²) in [6, 6.07) is 7.76. The Bertz CT molecular complexity index is 591. The Morgan fingerprint density at radius 1 is 1.30 bits per heavy atom. The van der Waals surface area contributed by atoms with Crippen LogP contribution in [-0.4, -0.2) is 30.7 Å². The van der Waals surface area contributed by atoms with Gasteiger partial charge in [0.25, 0.3) is 0 Å². The average molecular weight is 337 g/mol. The molecule has 0 amide bonds.